The number of hydrogen-bond acceptors (Lipinski definition) is 5. The summed E-state index contributed by atoms with van der Waals surface area (Å²) in [7, 11) is 0. The van der Waals surface area contributed by atoms with Crippen LogP contribution < -0.4 is 10.2 Å². The summed E-state index contributed by atoms with van der Waals surface area (Å²) in [5.41, 5.74) is 0.951. The highest BCUT2D eigenvalue weighted by Crippen LogP contribution is 2.38. The number of piperidine rings is 1. The first kappa shape index (κ1) is 17.8. The molecule has 2 fully saturated rings. The highest BCUT2D eigenvalue weighted by Gasteiger charge is 2.41. The molecule has 0 saturated carbocycles. The fourth-order valence-electron chi connectivity index (χ4n) is 3.57. The maximum absolute atomic E-state index is 12.6. The molecule has 0 aliphatic carbocycles. The molecule has 25 heavy (non-hydrogen) atoms. The van der Waals surface area contributed by atoms with E-state index in [0.29, 0.717) is 23.4 Å². The number of anilines is 1. The lowest BCUT2D eigenvalue weighted by molar-refractivity contribution is -0.119. The van der Waals surface area contributed by atoms with E-state index in [4.69, 9.17) is 0 Å². The van der Waals surface area contributed by atoms with Gasteiger partial charge in [-0.2, -0.15) is 5.10 Å². The van der Waals surface area contributed by atoms with Crippen LogP contribution in [0.15, 0.2) is 12.4 Å². The molecule has 2 aliphatic rings. The van der Waals surface area contributed by atoms with Crippen LogP contribution in [-0.4, -0.2) is 51.7 Å². The summed E-state index contributed by atoms with van der Waals surface area (Å²) in [5, 5.41) is 6.85. The molecule has 2 aromatic heterocycles. The maximum Gasteiger partial charge on any atom is 0.258 e. The number of hydrogen-bond donors (Lipinski definition) is 1. The van der Waals surface area contributed by atoms with Crippen molar-refractivity contribution in [1.82, 2.24) is 25.1 Å². The minimum absolute atomic E-state index is 0. The van der Waals surface area contributed by atoms with Gasteiger partial charge in [0.15, 0.2) is 5.65 Å². The smallest absolute Gasteiger partial charge is 0.258 e. The molecule has 2 saturated heterocycles. The molecule has 1 spiro atoms. The van der Waals surface area contributed by atoms with Crippen LogP contribution in [0.2, 0.25) is 0 Å². The Kier molecular flexibility index (Phi) is 4.77. The van der Waals surface area contributed by atoms with E-state index in [1.165, 1.54) is 10.9 Å². The summed E-state index contributed by atoms with van der Waals surface area (Å²) in [6, 6.07) is 0. The molecule has 2 aromatic rings. The zero-order valence-corrected chi connectivity index (χ0v) is 14.3. The molecule has 10 heteroatoms. The first-order chi connectivity index (χ1) is 11.5. The fourth-order valence-corrected chi connectivity index (χ4v) is 3.57. The molecule has 136 valence electrons. The van der Waals surface area contributed by atoms with E-state index < -0.39 is 13.0 Å². The van der Waals surface area contributed by atoms with Crippen LogP contribution in [0.4, 0.5) is 14.6 Å². The molecule has 4 rings (SSSR count). The Labute approximate surface area is 149 Å². The van der Waals surface area contributed by atoms with Gasteiger partial charge in [0.1, 0.15) is 17.9 Å². The van der Waals surface area contributed by atoms with Crippen molar-refractivity contribution in [1.29, 1.82) is 0 Å². The molecule has 0 atom stereocenters. The van der Waals surface area contributed by atoms with Crippen molar-refractivity contribution in [2.75, 3.05) is 24.5 Å². The Morgan fingerprint density at radius 3 is 2.68 bits per heavy atom. The average Bonchev–Trinajstić information content (AvgIpc) is 3.12. The van der Waals surface area contributed by atoms with Gasteiger partial charge in [0, 0.05) is 26.1 Å². The van der Waals surface area contributed by atoms with Gasteiger partial charge in [-0.1, -0.05) is 0 Å². The highest BCUT2D eigenvalue weighted by atomic mass is 35.5. The molecule has 4 heterocycles. The van der Waals surface area contributed by atoms with Gasteiger partial charge in [-0.15, -0.1) is 12.4 Å². The minimum Gasteiger partial charge on any atom is -0.356 e. The van der Waals surface area contributed by atoms with Crippen molar-refractivity contribution < 1.29 is 13.6 Å². The van der Waals surface area contributed by atoms with Gasteiger partial charge >= 0.3 is 0 Å². The van der Waals surface area contributed by atoms with E-state index in [9.17, 15) is 13.6 Å². The third kappa shape index (κ3) is 3.37. The molecule has 1 amide bonds. The number of carbonyl (C=O) groups excluding carboxylic acids is 1. The van der Waals surface area contributed by atoms with Gasteiger partial charge in [0.05, 0.1) is 12.4 Å². The maximum atomic E-state index is 12.6. The molecular weight excluding hydrogens is 354 g/mol. The third-order valence-corrected chi connectivity index (χ3v) is 4.99. The number of amides is 1. The molecule has 0 radical (unpaired) electrons. The summed E-state index contributed by atoms with van der Waals surface area (Å²) < 4.78 is 26.5. The molecule has 1 N–H and O–H groups in total. The van der Waals surface area contributed by atoms with E-state index in [-0.39, 0.29) is 23.7 Å². The third-order valence-electron chi connectivity index (χ3n) is 4.99. The van der Waals surface area contributed by atoms with Crippen LogP contribution in [0, 0.1) is 5.41 Å². The monoisotopic (exact) mass is 372 g/mol. The second-order valence-corrected chi connectivity index (χ2v) is 6.60. The molecule has 7 nitrogen and oxygen atoms in total. The summed E-state index contributed by atoms with van der Waals surface area (Å²) in [5.74, 6) is 0.797. The molecule has 0 aromatic carbocycles. The van der Waals surface area contributed by atoms with Gasteiger partial charge in [-0.05, 0) is 18.3 Å². The lowest BCUT2D eigenvalue weighted by Crippen LogP contribution is -2.41. The Morgan fingerprint density at radius 2 is 2.04 bits per heavy atom. The first-order valence-corrected chi connectivity index (χ1v) is 8.03. The average molecular weight is 373 g/mol. The minimum atomic E-state index is -2.49. The topological polar surface area (TPSA) is 75.9 Å². The number of alkyl halides is 2. The second kappa shape index (κ2) is 6.70. The zero-order valence-electron chi connectivity index (χ0n) is 13.5. The summed E-state index contributed by atoms with van der Waals surface area (Å²) in [6.07, 6.45) is 3.03. The highest BCUT2D eigenvalue weighted by molar-refractivity contribution is 5.85. The molecule has 0 unspecified atom stereocenters. The van der Waals surface area contributed by atoms with E-state index >= 15 is 0 Å². The van der Waals surface area contributed by atoms with Crippen LogP contribution in [0.3, 0.4) is 0 Å². The molecule has 0 bridgehead atoms. The Bertz CT molecular complexity index is 774. The van der Waals surface area contributed by atoms with Crippen molar-refractivity contribution in [3.8, 4) is 0 Å². The van der Waals surface area contributed by atoms with Gasteiger partial charge in [0.2, 0.25) is 5.91 Å². The Balaban J connectivity index is 0.00000182. The predicted molar refractivity (Wildman–Crippen MR) is 90.1 cm³/mol. The predicted octanol–water partition coefficient (Wildman–Crippen LogP) is 1.62. The number of carbonyl (C=O) groups is 1. The number of halogens is 3. The number of rotatable bonds is 3. The van der Waals surface area contributed by atoms with Gasteiger partial charge in [-0.3, -0.25) is 4.79 Å². The first-order valence-electron chi connectivity index (χ1n) is 8.03. The van der Waals surface area contributed by atoms with Gasteiger partial charge < -0.3 is 10.2 Å². The van der Waals surface area contributed by atoms with Crippen LogP contribution >= 0.6 is 12.4 Å². The van der Waals surface area contributed by atoms with Gasteiger partial charge in [0.25, 0.3) is 6.43 Å². The van der Waals surface area contributed by atoms with Crippen molar-refractivity contribution in [3.63, 3.8) is 0 Å². The van der Waals surface area contributed by atoms with E-state index in [1.54, 1.807) is 6.20 Å². The SMILES string of the molecule is Cl.O=C1CC2(CCN(c3cnc4cnn(CC(F)F)c4n3)CC2)CN1. The zero-order chi connectivity index (χ0) is 16.7. The van der Waals surface area contributed by atoms with Crippen molar-refractivity contribution in [2.45, 2.75) is 32.2 Å². The molecular formula is C15H19ClF2N6O. The van der Waals surface area contributed by atoms with Crippen LogP contribution in [0.1, 0.15) is 19.3 Å². The van der Waals surface area contributed by atoms with Gasteiger partial charge in [-0.25, -0.2) is 23.4 Å². The second-order valence-electron chi connectivity index (χ2n) is 6.60. The normalized spacial score (nSPS) is 19.5. The van der Waals surface area contributed by atoms with E-state index in [2.05, 4.69) is 25.3 Å². The summed E-state index contributed by atoms with van der Waals surface area (Å²) in [4.78, 5) is 22.4. The lowest BCUT2D eigenvalue weighted by Gasteiger charge is -2.38. The Morgan fingerprint density at radius 1 is 1.28 bits per heavy atom. The van der Waals surface area contributed by atoms with Crippen molar-refractivity contribution in [2.24, 2.45) is 5.41 Å². The van der Waals surface area contributed by atoms with Crippen LogP contribution in [0.25, 0.3) is 11.2 Å². The summed E-state index contributed by atoms with van der Waals surface area (Å²) >= 11 is 0. The van der Waals surface area contributed by atoms with Crippen molar-refractivity contribution >= 4 is 35.3 Å². The van der Waals surface area contributed by atoms with E-state index in [0.717, 1.165) is 32.5 Å². The standard InChI is InChI=1S/C15H18F2N6O.ClH/c16-11(17)8-23-14-10(6-20-23)18-7-12(21-14)22-3-1-15(2-4-22)5-13(24)19-9-15;/h6-7,11H,1-5,8-9H2,(H,19,24);1H. The number of nitrogens with zero attached hydrogens (tertiary/aromatic N) is 5. The van der Waals surface area contributed by atoms with E-state index in [1.807, 2.05) is 0 Å². The number of fused-ring (bicyclic) bond motifs is 1. The number of aromatic nitrogens is 4. The molecule has 2 aliphatic heterocycles. The van der Waals surface area contributed by atoms with Crippen LogP contribution in [0.5, 0.6) is 0 Å². The summed E-state index contributed by atoms with van der Waals surface area (Å²) in [6.45, 7) is 1.81. The number of nitrogens with one attached hydrogen (secondary N) is 1. The van der Waals surface area contributed by atoms with Crippen LogP contribution in [-0.2, 0) is 11.3 Å². The Hall–Kier alpha value is -2.03. The largest absolute Gasteiger partial charge is 0.356 e. The quantitative estimate of drug-likeness (QED) is 0.886. The van der Waals surface area contributed by atoms with Crippen molar-refractivity contribution in [3.05, 3.63) is 12.4 Å². The lowest BCUT2D eigenvalue weighted by atomic mass is 9.78. The fraction of sp³-hybridized carbons (Fsp3) is 0.600.